The fourth-order valence-electron chi connectivity index (χ4n) is 2.79. The standard InChI is InChI=1S/C14H16ClN3O2S/c1-14(6-7-21(19,20)9-14)18-13(16)8-12(17-18)10-4-2-3-5-11(10)15/h2-5,8H,6-7,9,16H2,1H3. The van der Waals surface area contributed by atoms with Crippen LogP contribution in [-0.4, -0.2) is 29.7 Å². The van der Waals surface area contributed by atoms with Crippen LogP contribution in [0.5, 0.6) is 0 Å². The third-order valence-corrected chi connectivity index (χ3v) is 6.10. The van der Waals surface area contributed by atoms with Crippen LogP contribution in [-0.2, 0) is 15.4 Å². The van der Waals surface area contributed by atoms with Crippen LogP contribution in [0.1, 0.15) is 13.3 Å². The minimum atomic E-state index is -3.02. The molecule has 1 atom stereocenters. The summed E-state index contributed by atoms with van der Waals surface area (Å²) in [6.07, 6.45) is 0.517. The molecule has 0 bridgehead atoms. The first-order valence-corrected chi connectivity index (χ1v) is 8.82. The fraction of sp³-hybridized carbons (Fsp3) is 0.357. The largest absolute Gasteiger partial charge is 0.384 e. The maximum absolute atomic E-state index is 11.8. The molecule has 1 aliphatic heterocycles. The van der Waals surface area contributed by atoms with Gasteiger partial charge in [-0.05, 0) is 19.4 Å². The van der Waals surface area contributed by atoms with Gasteiger partial charge in [-0.25, -0.2) is 13.1 Å². The number of hydrogen-bond donors (Lipinski definition) is 1. The first kappa shape index (κ1) is 14.4. The summed E-state index contributed by atoms with van der Waals surface area (Å²) >= 11 is 6.17. The Labute approximate surface area is 128 Å². The molecule has 1 saturated heterocycles. The van der Waals surface area contributed by atoms with Gasteiger partial charge in [0, 0.05) is 11.6 Å². The molecule has 1 unspecified atom stereocenters. The fourth-order valence-corrected chi connectivity index (χ4v) is 5.13. The van der Waals surface area contributed by atoms with E-state index in [1.54, 1.807) is 16.8 Å². The molecule has 2 aromatic rings. The summed E-state index contributed by atoms with van der Waals surface area (Å²) in [6.45, 7) is 1.87. The molecule has 0 spiro atoms. The highest BCUT2D eigenvalue weighted by Gasteiger charge is 2.41. The van der Waals surface area contributed by atoms with Crippen LogP contribution in [0, 0.1) is 0 Å². The minimum absolute atomic E-state index is 0.0633. The van der Waals surface area contributed by atoms with E-state index in [-0.39, 0.29) is 11.5 Å². The quantitative estimate of drug-likeness (QED) is 0.919. The number of sulfone groups is 1. The number of halogens is 1. The summed E-state index contributed by atoms with van der Waals surface area (Å²) in [5.41, 5.74) is 6.89. The average Bonchev–Trinajstić information content (AvgIpc) is 2.91. The molecule has 2 N–H and O–H groups in total. The number of rotatable bonds is 2. The number of nitrogens with two attached hydrogens (primary N) is 1. The van der Waals surface area contributed by atoms with Gasteiger partial charge >= 0.3 is 0 Å². The molecule has 3 rings (SSSR count). The molecule has 1 fully saturated rings. The Morgan fingerprint density at radius 2 is 2.10 bits per heavy atom. The van der Waals surface area contributed by atoms with E-state index in [0.717, 1.165) is 5.56 Å². The van der Waals surface area contributed by atoms with Crippen LogP contribution in [0.25, 0.3) is 11.3 Å². The number of benzene rings is 1. The van der Waals surface area contributed by atoms with Gasteiger partial charge in [-0.1, -0.05) is 29.8 Å². The van der Waals surface area contributed by atoms with E-state index < -0.39 is 15.4 Å². The van der Waals surface area contributed by atoms with Gasteiger partial charge in [0.15, 0.2) is 9.84 Å². The Balaban J connectivity index is 2.06. The molecule has 0 aliphatic carbocycles. The van der Waals surface area contributed by atoms with Crippen LogP contribution >= 0.6 is 11.6 Å². The van der Waals surface area contributed by atoms with Crippen molar-refractivity contribution >= 4 is 27.3 Å². The topological polar surface area (TPSA) is 78.0 Å². The molecule has 2 heterocycles. The number of hydrogen-bond acceptors (Lipinski definition) is 4. The number of nitrogen functional groups attached to an aromatic ring is 1. The number of nitrogens with zero attached hydrogens (tertiary/aromatic N) is 2. The van der Waals surface area contributed by atoms with Gasteiger partial charge in [0.25, 0.3) is 0 Å². The molecule has 5 nitrogen and oxygen atoms in total. The third-order valence-electron chi connectivity index (χ3n) is 3.88. The second-order valence-electron chi connectivity index (χ2n) is 5.69. The lowest BCUT2D eigenvalue weighted by Gasteiger charge is -2.24. The van der Waals surface area contributed by atoms with Crippen molar-refractivity contribution in [2.75, 3.05) is 17.2 Å². The van der Waals surface area contributed by atoms with E-state index in [9.17, 15) is 8.42 Å². The highest BCUT2D eigenvalue weighted by Crippen LogP contribution is 2.35. The van der Waals surface area contributed by atoms with Gasteiger partial charge in [0.2, 0.25) is 0 Å². The van der Waals surface area contributed by atoms with Gasteiger partial charge < -0.3 is 5.73 Å². The van der Waals surface area contributed by atoms with Gasteiger partial charge in [-0.2, -0.15) is 5.10 Å². The Kier molecular flexibility index (Phi) is 3.26. The van der Waals surface area contributed by atoms with E-state index in [0.29, 0.717) is 23.0 Å². The molecule has 0 saturated carbocycles. The van der Waals surface area contributed by atoms with E-state index >= 15 is 0 Å². The van der Waals surface area contributed by atoms with Crippen molar-refractivity contribution in [3.8, 4) is 11.3 Å². The van der Waals surface area contributed by atoms with E-state index in [1.165, 1.54) is 0 Å². The molecule has 21 heavy (non-hydrogen) atoms. The zero-order valence-electron chi connectivity index (χ0n) is 11.6. The summed E-state index contributed by atoms with van der Waals surface area (Å²) in [7, 11) is -3.02. The van der Waals surface area contributed by atoms with Crippen molar-refractivity contribution in [3.63, 3.8) is 0 Å². The van der Waals surface area contributed by atoms with Crippen molar-refractivity contribution < 1.29 is 8.42 Å². The summed E-state index contributed by atoms with van der Waals surface area (Å²) in [5, 5.41) is 5.09. The Hall–Kier alpha value is -1.53. The summed E-state index contributed by atoms with van der Waals surface area (Å²) < 4.78 is 25.1. The van der Waals surface area contributed by atoms with Crippen LogP contribution in [0.3, 0.4) is 0 Å². The predicted molar refractivity (Wildman–Crippen MR) is 84.0 cm³/mol. The first-order valence-electron chi connectivity index (χ1n) is 6.62. The van der Waals surface area contributed by atoms with Gasteiger partial charge in [-0.3, -0.25) is 0 Å². The van der Waals surface area contributed by atoms with Crippen LogP contribution in [0.15, 0.2) is 30.3 Å². The van der Waals surface area contributed by atoms with Crippen molar-refractivity contribution in [2.24, 2.45) is 0 Å². The maximum atomic E-state index is 11.8. The molecule has 1 aromatic carbocycles. The molecule has 0 radical (unpaired) electrons. The molecule has 1 aliphatic rings. The first-order chi connectivity index (χ1) is 9.81. The van der Waals surface area contributed by atoms with E-state index in [1.807, 2.05) is 25.1 Å². The number of aromatic nitrogens is 2. The Morgan fingerprint density at radius 3 is 2.71 bits per heavy atom. The summed E-state index contributed by atoms with van der Waals surface area (Å²) in [6, 6.07) is 9.10. The van der Waals surface area contributed by atoms with Gasteiger partial charge in [-0.15, -0.1) is 0 Å². The maximum Gasteiger partial charge on any atom is 0.152 e. The summed E-state index contributed by atoms with van der Waals surface area (Å²) in [4.78, 5) is 0. The van der Waals surface area contributed by atoms with Gasteiger partial charge in [0.1, 0.15) is 5.82 Å². The molecule has 112 valence electrons. The monoisotopic (exact) mass is 325 g/mol. The number of anilines is 1. The normalized spacial score (nSPS) is 24.3. The molecule has 0 amide bonds. The van der Waals surface area contributed by atoms with Crippen LogP contribution in [0.4, 0.5) is 5.82 Å². The SMILES string of the molecule is CC1(n2nc(-c3ccccc3Cl)cc2N)CCS(=O)(=O)C1. The zero-order chi connectivity index (χ0) is 15.3. The lowest BCUT2D eigenvalue weighted by Crippen LogP contribution is -2.33. The zero-order valence-corrected chi connectivity index (χ0v) is 13.2. The van der Waals surface area contributed by atoms with E-state index in [4.69, 9.17) is 17.3 Å². The molecule has 7 heteroatoms. The van der Waals surface area contributed by atoms with Crippen LogP contribution in [0.2, 0.25) is 5.02 Å². The predicted octanol–water partition coefficient (Wildman–Crippen LogP) is 2.32. The van der Waals surface area contributed by atoms with Crippen molar-refractivity contribution in [3.05, 3.63) is 35.4 Å². The minimum Gasteiger partial charge on any atom is -0.384 e. The van der Waals surface area contributed by atoms with E-state index in [2.05, 4.69) is 5.10 Å². The summed E-state index contributed by atoms with van der Waals surface area (Å²) in [5.74, 6) is 0.683. The van der Waals surface area contributed by atoms with Crippen molar-refractivity contribution in [1.29, 1.82) is 0 Å². The molecular weight excluding hydrogens is 310 g/mol. The lowest BCUT2D eigenvalue weighted by atomic mass is 10.0. The lowest BCUT2D eigenvalue weighted by molar-refractivity contribution is 0.335. The third kappa shape index (κ3) is 2.53. The Morgan fingerprint density at radius 1 is 1.38 bits per heavy atom. The van der Waals surface area contributed by atoms with Crippen molar-refractivity contribution in [1.82, 2.24) is 9.78 Å². The molecule has 1 aromatic heterocycles. The van der Waals surface area contributed by atoms with Gasteiger partial charge in [0.05, 0.1) is 27.8 Å². The average molecular weight is 326 g/mol. The second-order valence-corrected chi connectivity index (χ2v) is 8.28. The highest BCUT2D eigenvalue weighted by molar-refractivity contribution is 7.91. The van der Waals surface area contributed by atoms with Crippen molar-refractivity contribution in [2.45, 2.75) is 18.9 Å². The smallest absolute Gasteiger partial charge is 0.152 e. The molecular formula is C14H16ClN3O2S. The Bertz CT molecular complexity index is 800. The second kappa shape index (κ2) is 4.74. The highest BCUT2D eigenvalue weighted by atomic mass is 35.5. The van der Waals surface area contributed by atoms with Crippen LogP contribution < -0.4 is 5.73 Å².